The number of halogens is 1. The van der Waals surface area contributed by atoms with Gasteiger partial charge in [-0.3, -0.25) is 4.79 Å². The van der Waals surface area contributed by atoms with Gasteiger partial charge >= 0.3 is 0 Å². The maximum Gasteiger partial charge on any atom is 0.251 e. The standard InChI is InChI=1S/C17H25FN2O2/c1-3-12(2)16(21)11-19-17(22)13-6-7-15(14(18)10-13)20-8-4-5-9-20/h6-7,10,12,16,21H,3-5,8-9,11H2,1-2H3,(H,19,22). The molecule has 1 saturated heterocycles. The molecule has 0 spiro atoms. The fourth-order valence-corrected chi connectivity index (χ4v) is 2.64. The zero-order chi connectivity index (χ0) is 16.1. The molecule has 1 heterocycles. The van der Waals surface area contributed by atoms with Gasteiger partial charge in [-0.2, -0.15) is 0 Å². The number of aliphatic hydroxyl groups excluding tert-OH is 1. The molecule has 1 aliphatic rings. The number of carbonyl (C=O) groups is 1. The van der Waals surface area contributed by atoms with Crippen molar-refractivity contribution in [2.45, 2.75) is 39.2 Å². The van der Waals surface area contributed by atoms with Gasteiger partial charge in [-0.05, 0) is 37.0 Å². The van der Waals surface area contributed by atoms with Crippen LogP contribution in [0.2, 0.25) is 0 Å². The third-order valence-electron chi connectivity index (χ3n) is 4.43. The maximum absolute atomic E-state index is 14.2. The molecule has 1 aromatic carbocycles. The van der Waals surface area contributed by atoms with Gasteiger partial charge in [-0.25, -0.2) is 4.39 Å². The Hall–Kier alpha value is -1.62. The Morgan fingerprint density at radius 3 is 2.68 bits per heavy atom. The van der Waals surface area contributed by atoms with Crippen LogP contribution in [0.1, 0.15) is 43.5 Å². The van der Waals surface area contributed by atoms with E-state index in [0.29, 0.717) is 5.69 Å². The molecule has 1 amide bonds. The summed E-state index contributed by atoms with van der Waals surface area (Å²) < 4.78 is 14.2. The Balaban J connectivity index is 1.97. The highest BCUT2D eigenvalue weighted by Crippen LogP contribution is 2.24. The van der Waals surface area contributed by atoms with E-state index < -0.39 is 6.10 Å². The maximum atomic E-state index is 14.2. The highest BCUT2D eigenvalue weighted by Gasteiger charge is 2.18. The fourth-order valence-electron chi connectivity index (χ4n) is 2.64. The van der Waals surface area contributed by atoms with Crippen LogP contribution in [0.5, 0.6) is 0 Å². The molecule has 22 heavy (non-hydrogen) atoms. The predicted molar refractivity (Wildman–Crippen MR) is 85.6 cm³/mol. The lowest BCUT2D eigenvalue weighted by molar-refractivity contribution is 0.0850. The summed E-state index contributed by atoms with van der Waals surface area (Å²) in [6, 6.07) is 4.58. The second-order valence-corrected chi connectivity index (χ2v) is 6.02. The molecule has 0 aromatic heterocycles. The molecule has 1 aromatic rings. The monoisotopic (exact) mass is 308 g/mol. The smallest absolute Gasteiger partial charge is 0.251 e. The van der Waals surface area contributed by atoms with Crippen LogP contribution in [-0.4, -0.2) is 36.8 Å². The Bertz CT molecular complexity index is 515. The number of carbonyl (C=O) groups excluding carboxylic acids is 1. The molecule has 2 rings (SSSR count). The summed E-state index contributed by atoms with van der Waals surface area (Å²) in [5.41, 5.74) is 0.852. The van der Waals surface area contributed by atoms with Crippen molar-refractivity contribution < 1.29 is 14.3 Å². The van der Waals surface area contributed by atoms with Crippen LogP contribution in [-0.2, 0) is 0 Å². The van der Waals surface area contributed by atoms with Gasteiger partial charge in [0.05, 0.1) is 11.8 Å². The van der Waals surface area contributed by atoms with Crippen molar-refractivity contribution in [2.75, 3.05) is 24.5 Å². The first-order chi connectivity index (χ1) is 10.5. The molecule has 0 aliphatic carbocycles. The topological polar surface area (TPSA) is 52.6 Å². The highest BCUT2D eigenvalue weighted by atomic mass is 19.1. The normalized spacial score (nSPS) is 17.4. The van der Waals surface area contributed by atoms with Crippen molar-refractivity contribution in [1.82, 2.24) is 5.32 Å². The number of aliphatic hydroxyl groups is 1. The van der Waals surface area contributed by atoms with E-state index in [1.54, 1.807) is 12.1 Å². The van der Waals surface area contributed by atoms with E-state index in [-0.39, 0.29) is 29.8 Å². The number of anilines is 1. The van der Waals surface area contributed by atoms with Crippen molar-refractivity contribution in [2.24, 2.45) is 5.92 Å². The molecule has 4 nitrogen and oxygen atoms in total. The molecule has 0 bridgehead atoms. The molecule has 2 N–H and O–H groups in total. The summed E-state index contributed by atoms with van der Waals surface area (Å²) in [6.45, 7) is 5.83. The summed E-state index contributed by atoms with van der Waals surface area (Å²) >= 11 is 0. The van der Waals surface area contributed by atoms with E-state index in [9.17, 15) is 14.3 Å². The average Bonchev–Trinajstić information content (AvgIpc) is 3.05. The Labute approximate surface area is 131 Å². The second kappa shape index (κ2) is 7.58. The summed E-state index contributed by atoms with van der Waals surface area (Å²) in [6.07, 6.45) is 2.42. The van der Waals surface area contributed by atoms with Crippen molar-refractivity contribution in [3.8, 4) is 0 Å². The molecule has 0 saturated carbocycles. The molecule has 2 atom stereocenters. The van der Waals surface area contributed by atoms with Crippen LogP contribution in [0.4, 0.5) is 10.1 Å². The first kappa shape index (κ1) is 16.7. The van der Waals surface area contributed by atoms with E-state index in [1.807, 2.05) is 18.7 Å². The predicted octanol–water partition coefficient (Wildman–Crippen LogP) is 2.56. The summed E-state index contributed by atoms with van der Waals surface area (Å²) in [5.74, 6) is -0.596. The molecule has 2 unspecified atom stereocenters. The Morgan fingerprint density at radius 1 is 1.41 bits per heavy atom. The number of rotatable bonds is 6. The van der Waals surface area contributed by atoms with Crippen molar-refractivity contribution in [3.63, 3.8) is 0 Å². The van der Waals surface area contributed by atoms with Crippen molar-refractivity contribution >= 4 is 11.6 Å². The first-order valence-corrected chi connectivity index (χ1v) is 8.03. The van der Waals surface area contributed by atoms with E-state index >= 15 is 0 Å². The molecular formula is C17H25FN2O2. The van der Waals surface area contributed by atoms with E-state index in [1.165, 1.54) is 6.07 Å². The largest absolute Gasteiger partial charge is 0.391 e. The van der Waals surface area contributed by atoms with E-state index in [2.05, 4.69) is 5.32 Å². The minimum absolute atomic E-state index is 0.120. The molecule has 5 heteroatoms. The Morgan fingerprint density at radius 2 is 2.09 bits per heavy atom. The fraction of sp³-hybridized carbons (Fsp3) is 0.588. The van der Waals surface area contributed by atoms with Gasteiger partial charge in [0, 0.05) is 25.2 Å². The number of nitrogens with zero attached hydrogens (tertiary/aromatic N) is 1. The highest BCUT2D eigenvalue weighted by molar-refractivity contribution is 5.94. The number of amides is 1. The third kappa shape index (κ3) is 3.97. The summed E-state index contributed by atoms with van der Waals surface area (Å²) in [5, 5.41) is 12.5. The number of hydrogen-bond donors (Lipinski definition) is 2. The lowest BCUT2D eigenvalue weighted by Crippen LogP contribution is -2.35. The molecule has 1 fully saturated rings. The minimum Gasteiger partial charge on any atom is -0.391 e. The van der Waals surface area contributed by atoms with Gasteiger partial charge in [0.15, 0.2) is 0 Å². The molecule has 1 aliphatic heterocycles. The van der Waals surface area contributed by atoms with Gasteiger partial charge in [0.25, 0.3) is 5.91 Å². The van der Waals surface area contributed by atoms with Gasteiger partial charge in [0.2, 0.25) is 0 Å². The van der Waals surface area contributed by atoms with Crippen LogP contribution >= 0.6 is 0 Å². The van der Waals surface area contributed by atoms with Gasteiger partial charge in [0.1, 0.15) is 5.82 Å². The second-order valence-electron chi connectivity index (χ2n) is 6.02. The number of nitrogens with one attached hydrogen (secondary N) is 1. The van der Waals surface area contributed by atoms with Gasteiger partial charge < -0.3 is 15.3 Å². The SMILES string of the molecule is CCC(C)C(O)CNC(=O)c1ccc(N2CCCC2)c(F)c1. The third-order valence-corrected chi connectivity index (χ3v) is 4.43. The zero-order valence-electron chi connectivity index (χ0n) is 13.3. The van der Waals surface area contributed by atoms with Crippen LogP contribution < -0.4 is 10.2 Å². The lowest BCUT2D eigenvalue weighted by atomic mass is 10.0. The molecular weight excluding hydrogens is 283 g/mol. The average molecular weight is 308 g/mol. The van der Waals surface area contributed by atoms with Gasteiger partial charge in [-0.15, -0.1) is 0 Å². The van der Waals surface area contributed by atoms with Crippen LogP contribution in [0.15, 0.2) is 18.2 Å². The molecule has 0 radical (unpaired) electrons. The lowest BCUT2D eigenvalue weighted by Gasteiger charge is -2.19. The summed E-state index contributed by atoms with van der Waals surface area (Å²) in [7, 11) is 0. The van der Waals surface area contributed by atoms with Gasteiger partial charge in [-0.1, -0.05) is 20.3 Å². The van der Waals surface area contributed by atoms with Crippen molar-refractivity contribution in [3.05, 3.63) is 29.6 Å². The van der Waals surface area contributed by atoms with Crippen LogP contribution in [0.25, 0.3) is 0 Å². The summed E-state index contributed by atoms with van der Waals surface area (Å²) in [4.78, 5) is 14.0. The van der Waals surface area contributed by atoms with Crippen LogP contribution in [0.3, 0.4) is 0 Å². The van der Waals surface area contributed by atoms with Crippen LogP contribution in [0, 0.1) is 11.7 Å². The Kier molecular flexibility index (Phi) is 5.77. The zero-order valence-corrected chi connectivity index (χ0v) is 13.3. The van der Waals surface area contributed by atoms with Crippen molar-refractivity contribution in [1.29, 1.82) is 0 Å². The quantitative estimate of drug-likeness (QED) is 0.849. The first-order valence-electron chi connectivity index (χ1n) is 8.03. The number of hydrogen-bond acceptors (Lipinski definition) is 3. The number of benzene rings is 1. The minimum atomic E-state index is -0.581. The van der Waals surface area contributed by atoms with E-state index in [4.69, 9.17) is 0 Å². The van der Waals surface area contributed by atoms with E-state index in [0.717, 1.165) is 32.4 Å². The molecule has 122 valence electrons.